The number of piperidine rings is 1. The van der Waals surface area contributed by atoms with E-state index in [0.717, 1.165) is 17.0 Å². The summed E-state index contributed by atoms with van der Waals surface area (Å²) in [6, 6.07) is 5.26. The minimum Gasteiger partial charge on any atom is -0.344 e. The zero-order valence-electron chi connectivity index (χ0n) is 10.7. The molecule has 0 radical (unpaired) electrons. The molecular formula is C13H14N4O2S. The van der Waals surface area contributed by atoms with Crippen LogP contribution in [0.5, 0.6) is 0 Å². The van der Waals surface area contributed by atoms with Crippen LogP contribution in [0.25, 0.3) is 10.6 Å². The van der Waals surface area contributed by atoms with Crippen molar-refractivity contribution in [2.45, 2.75) is 25.3 Å². The Balaban J connectivity index is 1.66. The first kappa shape index (κ1) is 12.9. The van der Waals surface area contributed by atoms with Gasteiger partial charge in [0.2, 0.25) is 11.8 Å². The lowest BCUT2D eigenvalue weighted by atomic mass is 10.0. The van der Waals surface area contributed by atoms with Gasteiger partial charge in [0, 0.05) is 12.5 Å². The van der Waals surface area contributed by atoms with E-state index in [4.69, 9.17) is 0 Å². The van der Waals surface area contributed by atoms with Gasteiger partial charge >= 0.3 is 0 Å². The van der Waals surface area contributed by atoms with Gasteiger partial charge < -0.3 is 10.6 Å². The Morgan fingerprint density at radius 2 is 2.40 bits per heavy atom. The number of amides is 2. The van der Waals surface area contributed by atoms with Gasteiger partial charge in [-0.1, -0.05) is 6.07 Å². The fourth-order valence-corrected chi connectivity index (χ4v) is 2.85. The summed E-state index contributed by atoms with van der Waals surface area (Å²) in [4.78, 5) is 24.4. The molecule has 0 saturated carbocycles. The molecule has 7 heteroatoms. The number of aromatic nitrogens is 2. The molecule has 0 spiro atoms. The van der Waals surface area contributed by atoms with E-state index in [9.17, 15) is 9.59 Å². The van der Waals surface area contributed by atoms with Crippen LogP contribution in [-0.4, -0.2) is 28.1 Å². The fraction of sp³-hybridized carbons (Fsp3) is 0.308. The minimum atomic E-state index is -0.460. The highest BCUT2D eigenvalue weighted by atomic mass is 32.1. The second-order valence-corrected chi connectivity index (χ2v) is 5.59. The van der Waals surface area contributed by atoms with Crippen LogP contribution in [0, 0.1) is 0 Å². The summed E-state index contributed by atoms with van der Waals surface area (Å²) in [6.07, 6.45) is 1.90. The van der Waals surface area contributed by atoms with Crippen LogP contribution in [-0.2, 0) is 9.59 Å². The first-order valence-corrected chi connectivity index (χ1v) is 7.30. The zero-order chi connectivity index (χ0) is 13.9. The van der Waals surface area contributed by atoms with E-state index in [1.165, 1.54) is 0 Å². The molecule has 2 aromatic rings. The van der Waals surface area contributed by atoms with Crippen LogP contribution in [0.1, 0.15) is 19.3 Å². The van der Waals surface area contributed by atoms with E-state index >= 15 is 0 Å². The van der Waals surface area contributed by atoms with E-state index in [1.54, 1.807) is 17.4 Å². The van der Waals surface area contributed by atoms with Crippen LogP contribution in [0.3, 0.4) is 0 Å². The molecule has 2 amide bonds. The van der Waals surface area contributed by atoms with Crippen molar-refractivity contribution >= 4 is 29.0 Å². The summed E-state index contributed by atoms with van der Waals surface area (Å²) < 4.78 is 0. The Bertz CT molecular complexity index is 620. The number of carbonyl (C=O) groups excluding carboxylic acids is 2. The second kappa shape index (κ2) is 5.46. The lowest BCUT2D eigenvalue weighted by Crippen LogP contribution is -2.46. The standard InChI is InChI=1S/C13H14N4O2S/c18-12-5-1-3-8(14-12)13(19)15-11-7-9(16-17-11)10-4-2-6-20-10/h2,4,6-8H,1,3,5H2,(H,14,18)(H2,15,16,17,19)/t8-/m1/s1. The molecular weight excluding hydrogens is 276 g/mol. The second-order valence-electron chi connectivity index (χ2n) is 4.65. The van der Waals surface area contributed by atoms with Crippen molar-refractivity contribution in [3.05, 3.63) is 23.6 Å². The summed E-state index contributed by atoms with van der Waals surface area (Å²) in [7, 11) is 0. The van der Waals surface area contributed by atoms with Gasteiger partial charge in [-0.05, 0) is 24.3 Å². The van der Waals surface area contributed by atoms with E-state index in [1.807, 2.05) is 17.5 Å². The van der Waals surface area contributed by atoms with Crippen molar-refractivity contribution in [2.24, 2.45) is 0 Å². The SMILES string of the molecule is O=C1CCC[C@H](C(=O)Nc2cc(-c3cccs3)[nH]n2)N1. The maximum atomic E-state index is 12.0. The van der Waals surface area contributed by atoms with Gasteiger partial charge in [-0.25, -0.2) is 0 Å². The number of hydrogen-bond donors (Lipinski definition) is 3. The van der Waals surface area contributed by atoms with Gasteiger partial charge in [-0.3, -0.25) is 14.7 Å². The highest BCUT2D eigenvalue weighted by Gasteiger charge is 2.25. The van der Waals surface area contributed by atoms with Crippen molar-refractivity contribution in [1.82, 2.24) is 15.5 Å². The van der Waals surface area contributed by atoms with Gasteiger partial charge in [0.15, 0.2) is 5.82 Å². The van der Waals surface area contributed by atoms with Gasteiger partial charge in [0.25, 0.3) is 0 Å². The Hall–Kier alpha value is -2.15. The third kappa shape index (κ3) is 2.72. The van der Waals surface area contributed by atoms with Crippen LogP contribution in [0.4, 0.5) is 5.82 Å². The Morgan fingerprint density at radius 3 is 3.15 bits per heavy atom. The summed E-state index contributed by atoms with van der Waals surface area (Å²) in [5.74, 6) is 0.179. The number of thiophene rings is 1. The average molecular weight is 290 g/mol. The number of carbonyl (C=O) groups is 2. The van der Waals surface area contributed by atoms with E-state index in [0.29, 0.717) is 18.7 Å². The third-order valence-electron chi connectivity index (χ3n) is 3.16. The Morgan fingerprint density at radius 1 is 1.50 bits per heavy atom. The molecule has 0 bridgehead atoms. The molecule has 1 fully saturated rings. The first-order valence-electron chi connectivity index (χ1n) is 6.42. The maximum Gasteiger partial charge on any atom is 0.248 e. The van der Waals surface area contributed by atoms with Crippen LogP contribution in [0.15, 0.2) is 23.6 Å². The lowest BCUT2D eigenvalue weighted by molar-refractivity contribution is -0.128. The molecule has 20 heavy (non-hydrogen) atoms. The molecule has 0 aromatic carbocycles. The van der Waals surface area contributed by atoms with Gasteiger partial charge in [0.05, 0.1) is 10.6 Å². The maximum absolute atomic E-state index is 12.0. The molecule has 104 valence electrons. The predicted octanol–water partition coefficient (Wildman–Crippen LogP) is 1.75. The monoisotopic (exact) mass is 290 g/mol. The molecule has 3 N–H and O–H groups in total. The van der Waals surface area contributed by atoms with Crippen molar-refractivity contribution in [1.29, 1.82) is 0 Å². The summed E-state index contributed by atoms with van der Waals surface area (Å²) in [6.45, 7) is 0. The molecule has 3 heterocycles. The number of H-pyrrole nitrogens is 1. The lowest BCUT2D eigenvalue weighted by Gasteiger charge is -2.21. The molecule has 0 unspecified atom stereocenters. The Labute approximate surface area is 119 Å². The van der Waals surface area contributed by atoms with Crippen molar-refractivity contribution < 1.29 is 9.59 Å². The van der Waals surface area contributed by atoms with Crippen molar-refractivity contribution in [2.75, 3.05) is 5.32 Å². The first-order chi connectivity index (χ1) is 9.72. The third-order valence-corrected chi connectivity index (χ3v) is 4.07. The van der Waals surface area contributed by atoms with Crippen molar-refractivity contribution in [3.63, 3.8) is 0 Å². The predicted molar refractivity (Wildman–Crippen MR) is 76.3 cm³/mol. The topological polar surface area (TPSA) is 86.9 Å². The van der Waals surface area contributed by atoms with Gasteiger partial charge in [0.1, 0.15) is 6.04 Å². The largest absolute Gasteiger partial charge is 0.344 e. The molecule has 3 rings (SSSR count). The number of anilines is 1. The number of aromatic amines is 1. The normalized spacial score (nSPS) is 18.6. The minimum absolute atomic E-state index is 0.0716. The highest BCUT2D eigenvalue weighted by molar-refractivity contribution is 7.13. The summed E-state index contributed by atoms with van der Waals surface area (Å²) in [5.41, 5.74) is 0.864. The molecule has 0 aliphatic carbocycles. The average Bonchev–Trinajstić information content (AvgIpc) is 3.08. The van der Waals surface area contributed by atoms with Gasteiger partial charge in [-0.15, -0.1) is 11.3 Å². The highest BCUT2D eigenvalue weighted by Crippen LogP contribution is 2.24. The van der Waals surface area contributed by atoms with E-state index in [2.05, 4.69) is 20.8 Å². The number of rotatable bonds is 3. The number of hydrogen-bond acceptors (Lipinski definition) is 4. The van der Waals surface area contributed by atoms with E-state index in [-0.39, 0.29) is 11.8 Å². The number of nitrogens with zero attached hydrogens (tertiary/aromatic N) is 1. The van der Waals surface area contributed by atoms with Crippen LogP contribution >= 0.6 is 11.3 Å². The molecule has 1 atom stereocenters. The van der Waals surface area contributed by atoms with Crippen LogP contribution < -0.4 is 10.6 Å². The smallest absolute Gasteiger partial charge is 0.248 e. The molecule has 6 nitrogen and oxygen atoms in total. The fourth-order valence-electron chi connectivity index (χ4n) is 2.16. The Kier molecular flexibility index (Phi) is 3.51. The summed E-state index contributed by atoms with van der Waals surface area (Å²) in [5, 5.41) is 14.3. The quantitative estimate of drug-likeness (QED) is 0.804. The molecule has 1 aliphatic rings. The molecule has 1 saturated heterocycles. The van der Waals surface area contributed by atoms with E-state index < -0.39 is 6.04 Å². The van der Waals surface area contributed by atoms with Crippen LogP contribution in [0.2, 0.25) is 0 Å². The zero-order valence-corrected chi connectivity index (χ0v) is 11.5. The summed E-state index contributed by atoms with van der Waals surface area (Å²) >= 11 is 1.60. The number of nitrogens with one attached hydrogen (secondary N) is 3. The molecule has 2 aromatic heterocycles. The molecule has 1 aliphatic heterocycles. The van der Waals surface area contributed by atoms with Crippen molar-refractivity contribution in [3.8, 4) is 10.6 Å². The van der Waals surface area contributed by atoms with Gasteiger partial charge in [-0.2, -0.15) is 5.10 Å².